The second-order valence-corrected chi connectivity index (χ2v) is 5.81. The van der Waals surface area contributed by atoms with E-state index >= 15 is 0 Å². The number of nitriles is 1. The molecule has 1 atom stereocenters. The van der Waals surface area contributed by atoms with Crippen molar-refractivity contribution < 1.29 is 9.53 Å². The van der Waals surface area contributed by atoms with Crippen LogP contribution in [-0.4, -0.2) is 18.0 Å². The van der Waals surface area contributed by atoms with Gasteiger partial charge in [-0.25, -0.2) is 0 Å². The fraction of sp³-hybridized carbons (Fsp3) is 0.200. The van der Waals surface area contributed by atoms with E-state index in [0.717, 1.165) is 27.8 Å². The van der Waals surface area contributed by atoms with Crippen molar-refractivity contribution in [3.05, 3.63) is 65.9 Å². The summed E-state index contributed by atoms with van der Waals surface area (Å²) in [7, 11) is 1.61. The van der Waals surface area contributed by atoms with Crippen LogP contribution in [0.1, 0.15) is 11.1 Å². The van der Waals surface area contributed by atoms with Gasteiger partial charge in [0.1, 0.15) is 11.7 Å². The summed E-state index contributed by atoms with van der Waals surface area (Å²) in [6.45, 7) is 0.416. The molecule has 0 aliphatic heterocycles. The summed E-state index contributed by atoms with van der Waals surface area (Å²) in [4.78, 5) is 15.5. The molecule has 0 radical (unpaired) electrons. The largest absolute Gasteiger partial charge is 0.497 e. The Balaban J connectivity index is 1.71. The molecule has 0 aliphatic rings. The van der Waals surface area contributed by atoms with E-state index in [-0.39, 0.29) is 5.91 Å². The number of fused-ring (bicyclic) bond motifs is 1. The Morgan fingerprint density at radius 3 is 2.80 bits per heavy atom. The van der Waals surface area contributed by atoms with E-state index in [1.807, 2.05) is 54.7 Å². The molecule has 0 aliphatic carbocycles. The van der Waals surface area contributed by atoms with Crippen LogP contribution in [0.5, 0.6) is 5.75 Å². The Bertz CT molecular complexity index is 910. The maximum absolute atomic E-state index is 12.4. The van der Waals surface area contributed by atoms with Crippen LogP contribution in [0.4, 0.5) is 0 Å². The summed E-state index contributed by atoms with van der Waals surface area (Å²) in [6, 6.07) is 17.5. The molecule has 0 unspecified atom stereocenters. The van der Waals surface area contributed by atoms with E-state index in [4.69, 9.17) is 4.74 Å². The second-order valence-electron chi connectivity index (χ2n) is 5.81. The van der Waals surface area contributed by atoms with Crippen molar-refractivity contribution in [2.45, 2.75) is 13.0 Å². The first-order valence-electron chi connectivity index (χ1n) is 8.06. The second kappa shape index (κ2) is 7.54. The molecule has 1 aromatic heterocycles. The lowest BCUT2D eigenvalue weighted by Crippen LogP contribution is -2.30. The number of ether oxygens (including phenoxy) is 1. The summed E-state index contributed by atoms with van der Waals surface area (Å²) in [5.74, 6) is -0.257. The lowest BCUT2D eigenvalue weighted by Gasteiger charge is -2.10. The highest BCUT2D eigenvalue weighted by molar-refractivity contribution is 5.86. The molecule has 3 rings (SSSR count). The predicted octanol–water partition coefficient (Wildman–Crippen LogP) is 3.18. The molecular weight excluding hydrogens is 314 g/mol. The molecule has 0 spiro atoms. The number of nitrogens with one attached hydrogen (secondary N) is 2. The highest BCUT2D eigenvalue weighted by Crippen LogP contribution is 2.25. The van der Waals surface area contributed by atoms with Crippen molar-refractivity contribution in [3.8, 4) is 11.8 Å². The van der Waals surface area contributed by atoms with Crippen LogP contribution in [0.25, 0.3) is 10.9 Å². The van der Waals surface area contributed by atoms with E-state index in [9.17, 15) is 10.1 Å². The number of benzene rings is 2. The van der Waals surface area contributed by atoms with Crippen LogP contribution in [-0.2, 0) is 17.8 Å². The number of carbonyl (C=O) groups excluding carboxylic acids is 1. The molecule has 0 bridgehead atoms. The first-order valence-corrected chi connectivity index (χ1v) is 8.06. The quantitative estimate of drug-likeness (QED) is 0.727. The summed E-state index contributed by atoms with van der Waals surface area (Å²) >= 11 is 0. The standard InChI is InChI=1S/C20H19N3O2/c1-25-17-7-8-19-18(10-17)16(13-22-19)9-15(11-21)20(24)23-12-14-5-3-2-4-6-14/h2-8,10,13,15,22H,9,12H2,1H3,(H,23,24)/t15-/m0/s1. The normalized spacial score (nSPS) is 11.7. The highest BCUT2D eigenvalue weighted by atomic mass is 16.5. The van der Waals surface area contributed by atoms with Crippen molar-refractivity contribution in [1.29, 1.82) is 5.26 Å². The van der Waals surface area contributed by atoms with Crippen LogP contribution >= 0.6 is 0 Å². The molecule has 0 saturated carbocycles. The van der Waals surface area contributed by atoms with Crippen LogP contribution in [0.2, 0.25) is 0 Å². The van der Waals surface area contributed by atoms with Gasteiger partial charge >= 0.3 is 0 Å². The minimum Gasteiger partial charge on any atom is -0.497 e. The van der Waals surface area contributed by atoms with Crippen LogP contribution in [0.15, 0.2) is 54.7 Å². The Kier molecular flexibility index (Phi) is 5.00. The third-order valence-corrected chi connectivity index (χ3v) is 4.18. The molecule has 25 heavy (non-hydrogen) atoms. The molecule has 2 aromatic carbocycles. The molecule has 3 aromatic rings. The van der Waals surface area contributed by atoms with Gasteiger partial charge in [0.15, 0.2) is 0 Å². The fourth-order valence-electron chi connectivity index (χ4n) is 2.78. The molecule has 2 N–H and O–H groups in total. The smallest absolute Gasteiger partial charge is 0.237 e. The number of amides is 1. The molecule has 126 valence electrons. The topological polar surface area (TPSA) is 77.9 Å². The number of aromatic amines is 1. The molecule has 5 heteroatoms. The summed E-state index contributed by atoms with van der Waals surface area (Å²) in [5.41, 5.74) is 2.89. The summed E-state index contributed by atoms with van der Waals surface area (Å²) < 4.78 is 5.25. The minimum absolute atomic E-state index is 0.261. The Morgan fingerprint density at radius 2 is 2.08 bits per heavy atom. The van der Waals surface area contributed by atoms with Gasteiger partial charge in [0, 0.05) is 23.6 Å². The number of aromatic nitrogens is 1. The van der Waals surface area contributed by atoms with Gasteiger partial charge in [0.05, 0.1) is 13.2 Å². The van der Waals surface area contributed by atoms with Gasteiger partial charge < -0.3 is 15.0 Å². The Morgan fingerprint density at radius 1 is 1.28 bits per heavy atom. The Labute approximate surface area is 146 Å². The molecule has 0 saturated heterocycles. The lowest BCUT2D eigenvalue weighted by molar-refractivity contribution is -0.123. The monoisotopic (exact) mass is 333 g/mol. The average molecular weight is 333 g/mol. The van der Waals surface area contributed by atoms with Crippen LogP contribution in [0, 0.1) is 17.2 Å². The zero-order valence-electron chi connectivity index (χ0n) is 14.0. The number of rotatable bonds is 6. The number of nitrogens with zero attached hydrogens (tertiary/aromatic N) is 1. The molecule has 0 fully saturated rings. The van der Waals surface area contributed by atoms with E-state index in [0.29, 0.717) is 13.0 Å². The van der Waals surface area contributed by atoms with Gasteiger partial charge in [0.25, 0.3) is 0 Å². The first kappa shape index (κ1) is 16.6. The van der Waals surface area contributed by atoms with Crippen molar-refractivity contribution in [2.24, 2.45) is 5.92 Å². The van der Waals surface area contributed by atoms with E-state index in [1.54, 1.807) is 7.11 Å². The van der Waals surface area contributed by atoms with E-state index < -0.39 is 5.92 Å². The van der Waals surface area contributed by atoms with Crippen LogP contribution < -0.4 is 10.1 Å². The average Bonchev–Trinajstić information content (AvgIpc) is 3.06. The molecule has 1 heterocycles. The Hall–Kier alpha value is -3.26. The highest BCUT2D eigenvalue weighted by Gasteiger charge is 2.20. The SMILES string of the molecule is COc1ccc2[nH]cc(C[C@@H](C#N)C(=O)NCc3ccccc3)c2c1. The summed E-state index contributed by atoms with van der Waals surface area (Å²) in [5, 5.41) is 13.2. The molecule has 1 amide bonds. The molecular formula is C20H19N3O2. The van der Waals surface area contributed by atoms with Gasteiger partial charge in [-0.05, 0) is 35.7 Å². The third kappa shape index (κ3) is 3.81. The van der Waals surface area contributed by atoms with Crippen molar-refractivity contribution in [3.63, 3.8) is 0 Å². The first-order chi connectivity index (χ1) is 12.2. The lowest BCUT2D eigenvalue weighted by atomic mass is 9.99. The van der Waals surface area contributed by atoms with E-state index in [2.05, 4.69) is 16.4 Å². The van der Waals surface area contributed by atoms with Gasteiger partial charge in [-0.15, -0.1) is 0 Å². The number of hydrogen-bond acceptors (Lipinski definition) is 3. The predicted molar refractivity (Wildman–Crippen MR) is 95.9 cm³/mol. The van der Waals surface area contributed by atoms with Crippen molar-refractivity contribution in [2.75, 3.05) is 7.11 Å². The van der Waals surface area contributed by atoms with Crippen LogP contribution in [0.3, 0.4) is 0 Å². The van der Waals surface area contributed by atoms with Crippen molar-refractivity contribution >= 4 is 16.8 Å². The maximum Gasteiger partial charge on any atom is 0.237 e. The zero-order valence-corrected chi connectivity index (χ0v) is 14.0. The van der Waals surface area contributed by atoms with E-state index in [1.165, 1.54) is 0 Å². The third-order valence-electron chi connectivity index (χ3n) is 4.18. The van der Waals surface area contributed by atoms with Gasteiger partial charge in [-0.3, -0.25) is 4.79 Å². The van der Waals surface area contributed by atoms with Gasteiger partial charge in [-0.2, -0.15) is 5.26 Å². The number of H-pyrrole nitrogens is 1. The minimum atomic E-state index is -0.742. The number of methoxy groups -OCH3 is 1. The maximum atomic E-state index is 12.4. The fourth-order valence-corrected chi connectivity index (χ4v) is 2.78. The zero-order chi connectivity index (χ0) is 17.6. The number of carbonyl (C=O) groups is 1. The number of hydrogen-bond donors (Lipinski definition) is 2. The molecule has 5 nitrogen and oxygen atoms in total. The summed E-state index contributed by atoms with van der Waals surface area (Å²) in [6.07, 6.45) is 2.20. The van der Waals surface area contributed by atoms with Gasteiger partial charge in [0.2, 0.25) is 5.91 Å². The van der Waals surface area contributed by atoms with Crippen molar-refractivity contribution in [1.82, 2.24) is 10.3 Å². The van der Waals surface area contributed by atoms with Gasteiger partial charge in [-0.1, -0.05) is 30.3 Å².